The Morgan fingerprint density at radius 3 is 2.32 bits per heavy atom. The molecule has 5 rings (SSSR count). The zero-order chi connectivity index (χ0) is 27.2. The third kappa shape index (κ3) is 4.96. The number of aliphatic hydroxyl groups is 2. The molecule has 0 radical (unpaired) electrons. The molecule has 9 nitrogen and oxygen atoms in total. The molecule has 0 aliphatic carbocycles. The van der Waals surface area contributed by atoms with Gasteiger partial charge in [-0.2, -0.15) is 5.10 Å². The van der Waals surface area contributed by atoms with Crippen molar-refractivity contribution in [1.82, 2.24) is 29.6 Å². The minimum absolute atomic E-state index is 0.290. The molecule has 1 aliphatic heterocycles. The molecule has 0 amide bonds. The van der Waals surface area contributed by atoms with Gasteiger partial charge >= 0.3 is 0 Å². The molecule has 11 heteroatoms. The number of benzene rings is 1. The minimum Gasteiger partial charge on any atom is -0.387 e. The van der Waals surface area contributed by atoms with E-state index in [1.54, 1.807) is 23.1 Å². The highest BCUT2D eigenvalue weighted by molar-refractivity contribution is 5.83. The third-order valence-corrected chi connectivity index (χ3v) is 7.28. The topological polar surface area (TPSA) is 103 Å². The highest BCUT2D eigenvalue weighted by Gasteiger charge is 2.40. The Hall–Kier alpha value is -3.54. The van der Waals surface area contributed by atoms with Crippen LogP contribution in [0.1, 0.15) is 32.0 Å². The van der Waals surface area contributed by atoms with Gasteiger partial charge in [0.1, 0.15) is 28.4 Å². The predicted octanol–water partition coefficient (Wildman–Crippen LogP) is 3.00. The lowest BCUT2D eigenvalue weighted by molar-refractivity contribution is -0.127. The summed E-state index contributed by atoms with van der Waals surface area (Å²) in [5, 5.41) is 25.7. The molecule has 1 atom stereocenters. The smallest absolute Gasteiger partial charge is 0.156 e. The summed E-state index contributed by atoms with van der Waals surface area (Å²) in [5.74, 6) is -0.441. The summed E-state index contributed by atoms with van der Waals surface area (Å²) in [6.45, 7) is 7.56. The fourth-order valence-corrected chi connectivity index (χ4v) is 4.50. The molecule has 0 saturated carbocycles. The number of halogens is 2. The van der Waals surface area contributed by atoms with E-state index in [-0.39, 0.29) is 0 Å². The molecule has 0 bridgehead atoms. The van der Waals surface area contributed by atoms with E-state index in [1.807, 2.05) is 13.2 Å². The van der Waals surface area contributed by atoms with E-state index in [2.05, 4.69) is 19.9 Å². The molecule has 0 unspecified atom stereocenters. The van der Waals surface area contributed by atoms with Gasteiger partial charge in [0.05, 0.1) is 29.2 Å². The summed E-state index contributed by atoms with van der Waals surface area (Å²) in [5.41, 5.74) is 0.249. The van der Waals surface area contributed by atoms with Crippen molar-refractivity contribution in [1.29, 1.82) is 0 Å². The summed E-state index contributed by atoms with van der Waals surface area (Å²) in [7, 11) is 1.83. The van der Waals surface area contributed by atoms with Crippen LogP contribution in [-0.2, 0) is 19.2 Å². The molecule has 1 aromatic carbocycles. The Balaban J connectivity index is 1.46. The van der Waals surface area contributed by atoms with Gasteiger partial charge in [-0.25, -0.2) is 18.7 Å². The molecule has 4 aromatic rings. The van der Waals surface area contributed by atoms with E-state index in [0.717, 1.165) is 11.6 Å². The van der Waals surface area contributed by atoms with Crippen LogP contribution in [0.4, 0.5) is 14.6 Å². The average Bonchev–Trinajstić information content (AvgIpc) is 3.30. The maximum Gasteiger partial charge on any atom is 0.156 e. The second-order valence-corrected chi connectivity index (χ2v) is 10.5. The number of aromatic nitrogens is 5. The standard InChI is InChI=1S/C27H31F2N7O2/c1-26(2,37)27(3,38)23-12-21-22(14-30-23)33-25(24(32-21)18-13-31-34(4)15-18)36-9-7-35(8-10-36)16-17-5-6-19(28)11-20(17)29/h5-6,11-15,37-38H,7-10,16H2,1-4H3/t27-/m1/s1. The van der Waals surface area contributed by atoms with Crippen LogP contribution in [0, 0.1) is 11.6 Å². The fourth-order valence-electron chi connectivity index (χ4n) is 4.50. The molecule has 1 aliphatic rings. The van der Waals surface area contributed by atoms with Crippen LogP contribution in [0.25, 0.3) is 22.3 Å². The van der Waals surface area contributed by atoms with E-state index in [1.165, 1.54) is 32.9 Å². The lowest BCUT2D eigenvalue weighted by Crippen LogP contribution is -2.46. The van der Waals surface area contributed by atoms with E-state index >= 15 is 0 Å². The van der Waals surface area contributed by atoms with Crippen LogP contribution >= 0.6 is 0 Å². The fraction of sp³-hybridized carbons (Fsp3) is 0.407. The van der Waals surface area contributed by atoms with Crippen molar-refractivity contribution in [3.63, 3.8) is 0 Å². The van der Waals surface area contributed by atoms with Gasteiger partial charge in [0, 0.05) is 63.2 Å². The number of rotatable bonds is 6. The van der Waals surface area contributed by atoms with Crippen LogP contribution in [0.2, 0.25) is 0 Å². The van der Waals surface area contributed by atoms with Gasteiger partial charge in [0.25, 0.3) is 0 Å². The quantitative estimate of drug-likeness (QED) is 0.398. The van der Waals surface area contributed by atoms with Crippen molar-refractivity contribution >= 4 is 16.9 Å². The van der Waals surface area contributed by atoms with Gasteiger partial charge in [-0.1, -0.05) is 6.07 Å². The normalized spacial score (nSPS) is 16.7. The van der Waals surface area contributed by atoms with Crippen LogP contribution < -0.4 is 4.90 Å². The first-order chi connectivity index (χ1) is 17.9. The zero-order valence-electron chi connectivity index (χ0n) is 21.9. The van der Waals surface area contributed by atoms with Crippen molar-refractivity contribution in [3.05, 3.63) is 65.7 Å². The Labute approximate surface area is 219 Å². The number of fused-ring (bicyclic) bond motifs is 1. The molecule has 0 spiro atoms. The van der Waals surface area contributed by atoms with E-state index < -0.39 is 22.8 Å². The first-order valence-corrected chi connectivity index (χ1v) is 12.5. The Morgan fingerprint density at radius 2 is 1.68 bits per heavy atom. The van der Waals surface area contributed by atoms with Crippen molar-refractivity contribution in [2.45, 2.75) is 38.5 Å². The van der Waals surface area contributed by atoms with Crippen LogP contribution in [0.5, 0.6) is 0 Å². The predicted molar refractivity (Wildman–Crippen MR) is 139 cm³/mol. The molecule has 4 heterocycles. The van der Waals surface area contributed by atoms with Gasteiger partial charge in [0.15, 0.2) is 5.82 Å². The molecule has 1 saturated heterocycles. The average molecular weight is 524 g/mol. The maximum absolute atomic E-state index is 14.2. The number of anilines is 1. The Bertz CT molecular complexity index is 1470. The Kier molecular flexibility index (Phi) is 6.62. The summed E-state index contributed by atoms with van der Waals surface area (Å²) in [6.07, 6.45) is 5.14. The van der Waals surface area contributed by atoms with Gasteiger partial charge < -0.3 is 15.1 Å². The number of nitrogens with zero attached hydrogens (tertiary/aromatic N) is 7. The molecular formula is C27H31F2N7O2. The SMILES string of the molecule is Cn1cc(-c2nc3cc([C@@](C)(O)C(C)(C)O)ncc3nc2N2CCN(Cc3ccc(F)cc3F)CC2)cn1. The van der Waals surface area contributed by atoms with Crippen molar-refractivity contribution in [3.8, 4) is 11.3 Å². The number of piperazine rings is 1. The monoisotopic (exact) mass is 523 g/mol. The summed E-state index contributed by atoms with van der Waals surface area (Å²) >= 11 is 0. The third-order valence-electron chi connectivity index (χ3n) is 7.28. The number of hydrogen-bond donors (Lipinski definition) is 2. The molecule has 1 fully saturated rings. The van der Waals surface area contributed by atoms with E-state index in [4.69, 9.17) is 9.97 Å². The number of aryl methyl sites for hydroxylation is 1. The summed E-state index contributed by atoms with van der Waals surface area (Å²) in [6, 6.07) is 5.33. The van der Waals surface area contributed by atoms with Gasteiger partial charge in [0.2, 0.25) is 0 Å². The van der Waals surface area contributed by atoms with Crippen LogP contribution in [0.15, 0.2) is 42.9 Å². The molecule has 38 heavy (non-hydrogen) atoms. The van der Waals surface area contributed by atoms with E-state index in [9.17, 15) is 19.0 Å². The number of pyridine rings is 1. The highest BCUT2D eigenvalue weighted by Crippen LogP contribution is 2.34. The van der Waals surface area contributed by atoms with Crippen LogP contribution in [-0.4, -0.2) is 71.6 Å². The van der Waals surface area contributed by atoms with Crippen molar-refractivity contribution in [2.24, 2.45) is 7.05 Å². The highest BCUT2D eigenvalue weighted by atomic mass is 19.1. The second-order valence-electron chi connectivity index (χ2n) is 10.5. The first kappa shape index (κ1) is 26.1. The van der Waals surface area contributed by atoms with Gasteiger partial charge in [-0.3, -0.25) is 14.6 Å². The second kappa shape index (κ2) is 9.64. The summed E-state index contributed by atoms with van der Waals surface area (Å²) in [4.78, 5) is 18.5. The first-order valence-electron chi connectivity index (χ1n) is 12.5. The molecule has 3 aromatic heterocycles. The Morgan fingerprint density at radius 1 is 0.947 bits per heavy atom. The van der Waals surface area contributed by atoms with Crippen molar-refractivity contribution < 1.29 is 19.0 Å². The molecule has 2 N–H and O–H groups in total. The lowest BCUT2D eigenvalue weighted by Gasteiger charge is -2.36. The molecular weight excluding hydrogens is 492 g/mol. The zero-order valence-corrected chi connectivity index (χ0v) is 21.9. The van der Waals surface area contributed by atoms with Gasteiger partial charge in [-0.05, 0) is 32.9 Å². The summed E-state index contributed by atoms with van der Waals surface area (Å²) < 4.78 is 29.1. The van der Waals surface area contributed by atoms with Crippen LogP contribution in [0.3, 0.4) is 0 Å². The largest absolute Gasteiger partial charge is 0.387 e. The van der Waals surface area contributed by atoms with Gasteiger partial charge in [-0.15, -0.1) is 0 Å². The van der Waals surface area contributed by atoms with Crippen molar-refractivity contribution in [2.75, 3.05) is 31.1 Å². The minimum atomic E-state index is -1.60. The van der Waals surface area contributed by atoms with E-state index in [0.29, 0.717) is 66.5 Å². The number of hydrogen-bond acceptors (Lipinski definition) is 8. The lowest BCUT2D eigenvalue weighted by atomic mass is 9.84. The maximum atomic E-state index is 14.2. The molecule has 200 valence electrons.